The lowest BCUT2D eigenvalue weighted by atomic mass is 9.98. The third-order valence-electron chi connectivity index (χ3n) is 3.05. The van der Waals surface area contributed by atoms with Crippen molar-refractivity contribution in [1.29, 1.82) is 0 Å². The van der Waals surface area contributed by atoms with E-state index in [9.17, 15) is 0 Å². The third kappa shape index (κ3) is 2.90. The molecule has 0 aliphatic heterocycles. The summed E-state index contributed by atoms with van der Waals surface area (Å²) in [7, 11) is 0. The number of hydrogen-bond donors (Lipinski definition) is 1. The second-order valence-corrected chi connectivity index (χ2v) is 5.41. The van der Waals surface area contributed by atoms with Crippen LogP contribution in [0, 0.1) is 0 Å². The van der Waals surface area contributed by atoms with Crippen molar-refractivity contribution in [3.63, 3.8) is 0 Å². The molecule has 3 heteroatoms. The molecule has 1 heterocycles. The minimum Gasteiger partial charge on any atom is -0.240 e. The van der Waals surface area contributed by atoms with Crippen molar-refractivity contribution in [3.8, 4) is 10.6 Å². The molecular formula is C14H17NS2. The van der Waals surface area contributed by atoms with E-state index in [1.807, 2.05) is 0 Å². The van der Waals surface area contributed by atoms with E-state index in [4.69, 9.17) is 0 Å². The zero-order valence-corrected chi connectivity index (χ0v) is 11.9. The van der Waals surface area contributed by atoms with Gasteiger partial charge >= 0.3 is 0 Å². The van der Waals surface area contributed by atoms with Gasteiger partial charge in [-0.2, -0.15) is 12.6 Å². The fraction of sp³-hybridized carbons (Fsp3) is 0.357. The number of aromatic nitrogens is 1. The second kappa shape index (κ2) is 5.69. The van der Waals surface area contributed by atoms with Gasteiger partial charge < -0.3 is 0 Å². The normalized spacial score (nSPS) is 12.6. The predicted molar refractivity (Wildman–Crippen MR) is 78.9 cm³/mol. The van der Waals surface area contributed by atoms with Gasteiger partial charge in [-0.15, -0.1) is 11.3 Å². The summed E-state index contributed by atoms with van der Waals surface area (Å²) in [6.45, 7) is 4.48. The van der Waals surface area contributed by atoms with Crippen molar-refractivity contribution in [3.05, 3.63) is 40.9 Å². The predicted octanol–water partition coefficient (Wildman–Crippen LogP) is 4.75. The van der Waals surface area contributed by atoms with E-state index >= 15 is 0 Å². The van der Waals surface area contributed by atoms with Crippen LogP contribution in [-0.2, 0) is 5.75 Å². The molecule has 2 rings (SSSR count). The van der Waals surface area contributed by atoms with E-state index in [1.54, 1.807) is 11.3 Å². The molecule has 1 aromatic heterocycles. The number of nitrogens with zero attached hydrogens (tertiary/aromatic N) is 1. The average Bonchev–Trinajstić information content (AvgIpc) is 2.87. The number of hydrogen-bond acceptors (Lipinski definition) is 3. The van der Waals surface area contributed by atoms with Crippen LogP contribution in [0.5, 0.6) is 0 Å². The standard InChI is InChI=1S/C14H17NS2/c1-3-10(2)11-4-6-12(7-5-11)14-15-13(8-16)9-17-14/h4-7,9-10,16H,3,8H2,1-2H3. The highest BCUT2D eigenvalue weighted by atomic mass is 32.1. The van der Waals surface area contributed by atoms with Crippen molar-refractivity contribution in [2.24, 2.45) is 0 Å². The Kier molecular flexibility index (Phi) is 4.24. The van der Waals surface area contributed by atoms with Crippen LogP contribution in [0.1, 0.15) is 37.4 Å². The minimum atomic E-state index is 0.633. The van der Waals surface area contributed by atoms with Gasteiger partial charge in [0.2, 0.25) is 0 Å². The van der Waals surface area contributed by atoms with E-state index < -0.39 is 0 Å². The van der Waals surface area contributed by atoms with Crippen LogP contribution < -0.4 is 0 Å². The highest BCUT2D eigenvalue weighted by molar-refractivity contribution is 7.79. The molecule has 1 atom stereocenters. The van der Waals surface area contributed by atoms with E-state index in [2.05, 4.69) is 61.1 Å². The van der Waals surface area contributed by atoms with Gasteiger partial charge in [0, 0.05) is 16.7 Å². The molecule has 1 nitrogen and oxygen atoms in total. The lowest BCUT2D eigenvalue weighted by Gasteiger charge is -2.08. The van der Waals surface area contributed by atoms with Gasteiger partial charge in [0.25, 0.3) is 0 Å². The van der Waals surface area contributed by atoms with Gasteiger partial charge in [-0.1, -0.05) is 38.1 Å². The van der Waals surface area contributed by atoms with Gasteiger partial charge in [-0.25, -0.2) is 4.98 Å². The van der Waals surface area contributed by atoms with Crippen molar-refractivity contribution < 1.29 is 0 Å². The molecule has 90 valence electrons. The first kappa shape index (κ1) is 12.7. The first-order valence-electron chi connectivity index (χ1n) is 5.90. The zero-order chi connectivity index (χ0) is 12.3. The van der Waals surface area contributed by atoms with Crippen LogP contribution in [0.25, 0.3) is 10.6 Å². The summed E-state index contributed by atoms with van der Waals surface area (Å²) in [5.41, 5.74) is 3.66. The maximum atomic E-state index is 4.54. The maximum absolute atomic E-state index is 4.54. The van der Waals surface area contributed by atoms with Crippen molar-refractivity contribution >= 4 is 24.0 Å². The van der Waals surface area contributed by atoms with Crippen molar-refractivity contribution in [1.82, 2.24) is 4.98 Å². The summed E-state index contributed by atoms with van der Waals surface area (Å²) >= 11 is 5.92. The number of benzene rings is 1. The Bertz CT molecular complexity index is 473. The van der Waals surface area contributed by atoms with E-state index in [-0.39, 0.29) is 0 Å². The van der Waals surface area contributed by atoms with Crippen LogP contribution >= 0.6 is 24.0 Å². The smallest absolute Gasteiger partial charge is 0.123 e. The molecule has 2 aromatic rings. The van der Waals surface area contributed by atoms with E-state index in [1.165, 1.54) is 17.5 Å². The summed E-state index contributed by atoms with van der Waals surface area (Å²) in [4.78, 5) is 4.54. The van der Waals surface area contributed by atoms with Crippen LogP contribution in [0.3, 0.4) is 0 Å². The summed E-state index contributed by atoms with van der Waals surface area (Å²) in [6.07, 6.45) is 1.18. The largest absolute Gasteiger partial charge is 0.240 e. The Labute approximate surface area is 112 Å². The number of rotatable bonds is 4. The lowest BCUT2D eigenvalue weighted by molar-refractivity contribution is 0.734. The SMILES string of the molecule is CCC(C)c1ccc(-c2nc(CS)cs2)cc1. The van der Waals surface area contributed by atoms with Gasteiger partial charge in [0.1, 0.15) is 5.01 Å². The number of thiazole rings is 1. The molecule has 1 unspecified atom stereocenters. The van der Waals surface area contributed by atoms with Crippen LogP contribution in [0.4, 0.5) is 0 Å². The fourth-order valence-electron chi connectivity index (χ4n) is 1.70. The molecule has 0 fully saturated rings. The quantitative estimate of drug-likeness (QED) is 0.785. The fourth-order valence-corrected chi connectivity index (χ4v) is 2.81. The minimum absolute atomic E-state index is 0.633. The molecule has 17 heavy (non-hydrogen) atoms. The second-order valence-electron chi connectivity index (χ2n) is 4.23. The molecule has 0 aliphatic carbocycles. The molecule has 1 aromatic carbocycles. The van der Waals surface area contributed by atoms with Crippen LogP contribution in [0.2, 0.25) is 0 Å². The van der Waals surface area contributed by atoms with Gasteiger partial charge in [0.05, 0.1) is 5.69 Å². The Hall–Kier alpha value is -0.800. The first-order chi connectivity index (χ1) is 8.24. The molecular weight excluding hydrogens is 246 g/mol. The topological polar surface area (TPSA) is 12.9 Å². The third-order valence-corrected chi connectivity index (χ3v) is 4.32. The van der Waals surface area contributed by atoms with Crippen molar-refractivity contribution in [2.75, 3.05) is 0 Å². The maximum Gasteiger partial charge on any atom is 0.123 e. The van der Waals surface area contributed by atoms with Crippen molar-refractivity contribution in [2.45, 2.75) is 31.9 Å². The molecule has 0 bridgehead atoms. The van der Waals surface area contributed by atoms with Crippen LogP contribution in [0.15, 0.2) is 29.6 Å². The summed E-state index contributed by atoms with van der Waals surface area (Å²) in [6, 6.07) is 8.77. The molecule has 0 N–H and O–H groups in total. The van der Waals surface area contributed by atoms with E-state index in [0.29, 0.717) is 11.7 Å². The molecule has 0 radical (unpaired) electrons. The Morgan fingerprint density at radius 2 is 2.00 bits per heavy atom. The van der Waals surface area contributed by atoms with Gasteiger partial charge in [-0.3, -0.25) is 0 Å². The highest BCUT2D eigenvalue weighted by Crippen LogP contribution is 2.26. The average molecular weight is 263 g/mol. The molecule has 0 aliphatic rings. The van der Waals surface area contributed by atoms with Gasteiger partial charge in [-0.05, 0) is 17.9 Å². The number of thiol groups is 1. The van der Waals surface area contributed by atoms with Crippen LogP contribution in [-0.4, -0.2) is 4.98 Å². The first-order valence-corrected chi connectivity index (χ1v) is 7.41. The Morgan fingerprint density at radius 1 is 1.29 bits per heavy atom. The molecule has 0 spiro atoms. The monoisotopic (exact) mass is 263 g/mol. The summed E-state index contributed by atoms with van der Waals surface area (Å²) < 4.78 is 0. The van der Waals surface area contributed by atoms with Gasteiger partial charge in [0.15, 0.2) is 0 Å². The Balaban J connectivity index is 2.22. The van der Waals surface area contributed by atoms with E-state index in [0.717, 1.165) is 10.7 Å². The lowest BCUT2D eigenvalue weighted by Crippen LogP contribution is -1.90. The zero-order valence-electron chi connectivity index (χ0n) is 10.2. The molecule has 0 amide bonds. The summed E-state index contributed by atoms with van der Waals surface area (Å²) in [5, 5.41) is 3.16. The summed E-state index contributed by atoms with van der Waals surface area (Å²) in [5.74, 6) is 1.34. The molecule has 0 saturated heterocycles. The molecule has 0 saturated carbocycles. The Morgan fingerprint density at radius 3 is 2.53 bits per heavy atom. The highest BCUT2D eigenvalue weighted by Gasteiger charge is 2.06.